The number of amides is 1. The van der Waals surface area contributed by atoms with Crippen LogP contribution in [0.5, 0.6) is 0 Å². The Morgan fingerprint density at radius 3 is 3.04 bits per heavy atom. The molecule has 3 aliphatic rings. The van der Waals surface area contributed by atoms with Gasteiger partial charge >= 0.3 is 12.1 Å². The fourth-order valence-corrected chi connectivity index (χ4v) is 3.66. The van der Waals surface area contributed by atoms with Crippen molar-refractivity contribution >= 4 is 12.1 Å². The van der Waals surface area contributed by atoms with Gasteiger partial charge in [0.2, 0.25) is 0 Å². The maximum absolute atomic E-state index is 12.4. The number of alkyl carbamates (subject to hydrolysis) is 1. The SMILES string of the molecule is C=CCCCOC(=O)C1=CO[C@@H](OC(=O)NC)[C@@H]2[C@@H]1C[C@@H]1O[C@]21C. The Kier molecular flexibility index (Phi) is 4.54. The van der Waals surface area contributed by atoms with Crippen LogP contribution in [0.25, 0.3) is 0 Å². The lowest BCUT2D eigenvalue weighted by molar-refractivity contribution is -0.152. The second-order valence-electron chi connectivity index (χ2n) is 6.46. The van der Waals surface area contributed by atoms with Gasteiger partial charge in [-0.2, -0.15) is 0 Å². The van der Waals surface area contributed by atoms with Gasteiger partial charge in [0.25, 0.3) is 6.29 Å². The molecule has 7 nitrogen and oxygen atoms in total. The van der Waals surface area contributed by atoms with E-state index in [1.807, 2.05) is 6.92 Å². The number of carbonyl (C=O) groups is 2. The second-order valence-corrected chi connectivity index (χ2v) is 6.46. The van der Waals surface area contributed by atoms with E-state index in [0.29, 0.717) is 18.6 Å². The quantitative estimate of drug-likeness (QED) is 0.345. The molecule has 132 valence electrons. The van der Waals surface area contributed by atoms with Crippen molar-refractivity contribution < 1.29 is 28.5 Å². The van der Waals surface area contributed by atoms with Gasteiger partial charge < -0.3 is 24.3 Å². The maximum Gasteiger partial charge on any atom is 0.409 e. The minimum absolute atomic E-state index is 0.0574. The number of hydrogen-bond donors (Lipinski definition) is 1. The van der Waals surface area contributed by atoms with Crippen LogP contribution < -0.4 is 5.32 Å². The van der Waals surface area contributed by atoms with E-state index in [1.165, 1.54) is 13.3 Å². The number of nitrogens with one attached hydrogen (secondary N) is 1. The Balaban J connectivity index is 1.70. The summed E-state index contributed by atoms with van der Waals surface area (Å²) in [6.07, 6.45) is 4.11. The fraction of sp³-hybridized carbons (Fsp3) is 0.647. The van der Waals surface area contributed by atoms with Crippen molar-refractivity contribution in [2.24, 2.45) is 11.8 Å². The van der Waals surface area contributed by atoms with Gasteiger partial charge in [0, 0.05) is 13.0 Å². The van der Waals surface area contributed by atoms with Gasteiger partial charge in [-0.3, -0.25) is 0 Å². The van der Waals surface area contributed by atoms with Crippen molar-refractivity contribution in [1.82, 2.24) is 5.32 Å². The monoisotopic (exact) mass is 337 g/mol. The summed E-state index contributed by atoms with van der Waals surface area (Å²) in [5.41, 5.74) is 0.0683. The van der Waals surface area contributed by atoms with E-state index in [-0.39, 0.29) is 23.9 Å². The van der Waals surface area contributed by atoms with E-state index in [4.69, 9.17) is 18.9 Å². The minimum Gasteiger partial charge on any atom is -0.462 e. The van der Waals surface area contributed by atoms with Crippen molar-refractivity contribution in [1.29, 1.82) is 0 Å². The summed E-state index contributed by atoms with van der Waals surface area (Å²) in [5, 5.41) is 2.40. The number of hydrogen-bond acceptors (Lipinski definition) is 6. The third-order valence-electron chi connectivity index (χ3n) is 5.01. The Hall–Kier alpha value is -2.02. The molecule has 0 bridgehead atoms. The first-order chi connectivity index (χ1) is 11.5. The first kappa shape index (κ1) is 16.8. The minimum atomic E-state index is -0.773. The Morgan fingerprint density at radius 2 is 2.33 bits per heavy atom. The van der Waals surface area contributed by atoms with Crippen LogP contribution in [0.4, 0.5) is 4.79 Å². The third-order valence-corrected chi connectivity index (χ3v) is 5.01. The summed E-state index contributed by atoms with van der Waals surface area (Å²) in [6, 6.07) is 0. The van der Waals surface area contributed by atoms with Gasteiger partial charge in [-0.15, -0.1) is 6.58 Å². The van der Waals surface area contributed by atoms with Gasteiger partial charge in [0.1, 0.15) is 5.60 Å². The van der Waals surface area contributed by atoms with Gasteiger partial charge in [-0.1, -0.05) is 6.08 Å². The highest BCUT2D eigenvalue weighted by molar-refractivity contribution is 5.89. The van der Waals surface area contributed by atoms with E-state index in [0.717, 1.165) is 12.8 Å². The molecule has 5 atom stereocenters. The molecule has 0 spiro atoms. The molecular formula is C17H23NO6. The van der Waals surface area contributed by atoms with Crippen molar-refractivity contribution in [3.05, 3.63) is 24.5 Å². The average Bonchev–Trinajstić information content (AvgIpc) is 3.12. The lowest BCUT2D eigenvalue weighted by Crippen LogP contribution is -2.44. The van der Waals surface area contributed by atoms with Gasteiger partial charge in [-0.05, 0) is 26.2 Å². The first-order valence-electron chi connectivity index (χ1n) is 8.21. The highest BCUT2D eigenvalue weighted by Gasteiger charge is 2.71. The molecule has 0 unspecified atom stereocenters. The van der Waals surface area contributed by atoms with Crippen molar-refractivity contribution in [2.75, 3.05) is 13.7 Å². The van der Waals surface area contributed by atoms with Crippen LogP contribution in [0.1, 0.15) is 26.2 Å². The molecule has 1 N–H and O–H groups in total. The topological polar surface area (TPSA) is 86.4 Å². The molecule has 24 heavy (non-hydrogen) atoms. The van der Waals surface area contributed by atoms with E-state index < -0.39 is 18.0 Å². The van der Waals surface area contributed by atoms with Crippen LogP contribution in [0, 0.1) is 11.8 Å². The van der Waals surface area contributed by atoms with Crippen LogP contribution >= 0.6 is 0 Å². The zero-order chi connectivity index (χ0) is 17.3. The summed E-state index contributed by atoms with van der Waals surface area (Å²) in [6.45, 7) is 5.94. The molecule has 3 rings (SSSR count). The molecule has 1 aliphatic carbocycles. The molecule has 0 aromatic carbocycles. The van der Waals surface area contributed by atoms with E-state index in [9.17, 15) is 9.59 Å². The molecule has 0 radical (unpaired) electrons. The van der Waals surface area contributed by atoms with Crippen LogP contribution in [0.15, 0.2) is 24.5 Å². The summed E-state index contributed by atoms with van der Waals surface area (Å²) in [4.78, 5) is 23.9. The standard InChI is InChI=1S/C17H23NO6/c1-4-5-6-7-21-14(19)11-9-22-15(23-16(20)18-3)13-10(11)8-12-17(13,2)24-12/h4,9-10,12-13,15H,1,5-8H2,2-3H3,(H,18,20)/t10-,12+,13+,15+,17+/m1/s1. The molecule has 1 saturated heterocycles. The molecule has 2 heterocycles. The highest BCUT2D eigenvalue weighted by atomic mass is 16.7. The maximum atomic E-state index is 12.4. The Labute approximate surface area is 141 Å². The van der Waals surface area contributed by atoms with Crippen LogP contribution in [-0.2, 0) is 23.7 Å². The van der Waals surface area contributed by atoms with Gasteiger partial charge in [-0.25, -0.2) is 9.59 Å². The molecule has 2 aliphatic heterocycles. The molecule has 0 aromatic rings. The van der Waals surface area contributed by atoms with Gasteiger partial charge in [0.05, 0.1) is 30.5 Å². The summed E-state index contributed by atoms with van der Waals surface area (Å²) < 4.78 is 21.9. The highest BCUT2D eigenvalue weighted by Crippen LogP contribution is 2.61. The number of allylic oxidation sites excluding steroid dienone is 1. The molecule has 7 heteroatoms. The summed E-state index contributed by atoms with van der Waals surface area (Å²) in [5.74, 6) is -0.693. The van der Waals surface area contributed by atoms with E-state index in [1.54, 1.807) is 6.08 Å². The molecule has 2 fully saturated rings. The average molecular weight is 337 g/mol. The molecule has 1 amide bonds. The van der Waals surface area contributed by atoms with Gasteiger partial charge in [0.15, 0.2) is 0 Å². The van der Waals surface area contributed by atoms with Crippen molar-refractivity contribution in [3.63, 3.8) is 0 Å². The number of ether oxygens (including phenoxy) is 4. The van der Waals surface area contributed by atoms with E-state index in [2.05, 4.69) is 11.9 Å². The Morgan fingerprint density at radius 1 is 1.54 bits per heavy atom. The number of epoxide rings is 1. The number of carbonyl (C=O) groups excluding carboxylic acids is 2. The zero-order valence-electron chi connectivity index (χ0n) is 13.9. The van der Waals surface area contributed by atoms with Crippen molar-refractivity contribution in [2.45, 2.75) is 44.2 Å². The number of unbranched alkanes of at least 4 members (excludes halogenated alkanes) is 1. The number of esters is 1. The van der Waals surface area contributed by atoms with E-state index >= 15 is 0 Å². The number of rotatable bonds is 6. The fourth-order valence-electron chi connectivity index (χ4n) is 3.66. The van der Waals surface area contributed by atoms with Crippen molar-refractivity contribution in [3.8, 4) is 0 Å². The normalized spacial score (nSPS) is 35.7. The summed E-state index contributed by atoms with van der Waals surface area (Å²) in [7, 11) is 1.48. The Bertz CT molecular complexity index is 573. The molecular weight excluding hydrogens is 314 g/mol. The predicted molar refractivity (Wildman–Crippen MR) is 83.8 cm³/mol. The lowest BCUT2D eigenvalue weighted by atomic mass is 9.82. The third kappa shape index (κ3) is 2.88. The largest absolute Gasteiger partial charge is 0.462 e. The predicted octanol–water partition coefficient (Wildman–Crippen LogP) is 1.89. The van der Waals surface area contributed by atoms with Crippen LogP contribution in [0.2, 0.25) is 0 Å². The first-order valence-corrected chi connectivity index (χ1v) is 8.21. The smallest absolute Gasteiger partial charge is 0.409 e. The van der Waals surface area contributed by atoms with Crippen LogP contribution in [0.3, 0.4) is 0 Å². The second kappa shape index (κ2) is 6.47. The lowest BCUT2D eigenvalue weighted by Gasteiger charge is -2.35. The molecule has 0 aromatic heterocycles. The molecule has 1 saturated carbocycles. The zero-order valence-corrected chi connectivity index (χ0v) is 13.9. The van der Waals surface area contributed by atoms with Crippen LogP contribution in [-0.4, -0.2) is 43.7 Å². The number of fused-ring (bicyclic) bond motifs is 3. The summed E-state index contributed by atoms with van der Waals surface area (Å²) >= 11 is 0.